The summed E-state index contributed by atoms with van der Waals surface area (Å²) >= 11 is 0. The van der Waals surface area contributed by atoms with E-state index < -0.39 is 21.8 Å². The Bertz CT molecular complexity index is 1150. The molecule has 0 unspecified atom stereocenters. The van der Waals surface area contributed by atoms with Crippen molar-refractivity contribution in [3.63, 3.8) is 0 Å². The van der Waals surface area contributed by atoms with Crippen molar-refractivity contribution >= 4 is 27.5 Å². The molecule has 29 heavy (non-hydrogen) atoms. The molecule has 0 saturated carbocycles. The monoisotopic (exact) mass is 410 g/mol. The molecule has 2 aromatic carbocycles. The van der Waals surface area contributed by atoms with Crippen molar-refractivity contribution in [1.82, 2.24) is 15.8 Å². The molecule has 0 aliphatic heterocycles. The lowest BCUT2D eigenvalue weighted by atomic mass is 10.2. The van der Waals surface area contributed by atoms with Crippen LogP contribution in [0.1, 0.15) is 26.3 Å². The van der Waals surface area contributed by atoms with E-state index in [9.17, 15) is 18.0 Å². The number of benzene rings is 2. The average molecular weight is 410 g/mol. The number of rotatable bonds is 5. The molecule has 0 saturated heterocycles. The van der Waals surface area contributed by atoms with Crippen LogP contribution in [0.3, 0.4) is 0 Å². The maximum atomic E-state index is 12.6. The van der Waals surface area contributed by atoms with Gasteiger partial charge in [-0.25, -0.2) is 8.42 Å². The van der Waals surface area contributed by atoms with Crippen LogP contribution >= 0.6 is 0 Å². The van der Waals surface area contributed by atoms with Gasteiger partial charge in [0.05, 0.1) is 10.5 Å². The molecule has 3 N–H and O–H groups in total. The third kappa shape index (κ3) is 5.17. The number of hydrazine groups is 1. The van der Waals surface area contributed by atoms with Crippen molar-refractivity contribution in [2.24, 2.45) is 0 Å². The Morgan fingerprint density at radius 1 is 0.862 bits per heavy atom. The number of sulfonamides is 1. The van der Waals surface area contributed by atoms with E-state index in [4.69, 9.17) is 0 Å². The Hall–Kier alpha value is -3.72. The van der Waals surface area contributed by atoms with Gasteiger partial charge in [-0.15, -0.1) is 0 Å². The number of nitrogens with one attached hydrogen (secondary N) is 3. The predicted octanol–water partition coefficient (Wildman–Crippen LogP) is 2.27. The summed E-state index contributed by atoms with van der Waals surface area (Å²) in [7, 11) is -3.89. The molecule has 8 nitrogen and oxygen atoms in total. The van der Waals surface area contributed by atoms with Gasteiger partial charge in [-0.1, -0.05) is 18.2 Å². The van der Waals surface area contributed by atoms with Gasteiger partial charge in [-0.05, 0) is 55.0 Å². The minimum Gasteiger partial charge on any atom is -0.280 e. The highest BCUT2D eigenvalue weighted by Crippen LogP contribution is 2.18. The van der Waals surface area contributed by atoms with Crippen LogP contribution in [0.2, 0.25) is 0 Å². The SMILES string of the molecule is Cc1cccc(NS(=O)(=O)c2cccc(C(=O)NNC(=O)c3cccnc3)c2)c1. The normalized spacial score (nSPS) is 10.8. The topological polar surface area (TPSA) is 117 Å². The summed E-state index contributed by atoms with van der Waals surface area (Å²) in [5, 5.41) is 0. The highest BCUT2D eigenvalue weighted by molar-refractivity contribution is 7.92. The van der Waals surface area contributed by atoms with Crippen molar-refractivity contribution in [3.8, 4) is 0 Å². The summed E-state index contributed by atoms with van der Waals surface area (Å²) in [5.41, 5.74) is 6.18. The van der Waals surface area contributed by atoms with Crippen molar-refractivity contribution < 1.29 is 18.0 Å². The van der Waals surface area contributed by atoms with Gasteiger partial charge in [-0.3, -0.25) is 30.1 Å². The highest BCUT2D eigenvalue weighted by atomic mass is 32.2. The van der Waals surface area contributed by atoms with E-state index in [-0.39, 0.29) is 16.0 Å². The summed E-state index contributed by atoms with van der Waals surface area (Å²) in [6.45, 7) is 1.85. The predicted molar refractivity (Wildman–Crippen MR) is 108 cm³/mol. The summed E-state index contributed by atoms with van der Waals surface area (Å²) in [5.74, 6) is -1.20. The fourth-order valence-electron chi connectivity index (χ4n) is 2.48. The first-order chi connectivity index (χ1) is 13.8. The summed E-state index contributed by atoms with van der Waals surface area (Å²) in [6.07, 6.45) is 2.87. The molecular weight excluding hydrogens is 392 g/mol. The smallest absolute Gasteiger partial charge is 0.271 e. The molecule has 3 aromatic rings. The second kappa shape index (κ2) is 8.53. The Morgan fingerprint density at radius 2 is 1.55 bits per heavy atom. The minimum absolute atomic E-state index is 0.0728. The first-order valence-corrected chi connectivity index (χ1v) is 10.0. The Morgan fingerprint density at radius 3 is 2.24 bits per heavy atom. The molecule has 0 aliphatic rings. The molecule has 2 amide bonds. The van der Waals surface area contributed by atoms with Crippen LogP contribution in [0, 0.1) is 6.92 Å². The van der Waals surface area contributed by atoms with Gasteiger partial charge in [0.25, 0.3) is 21.8 Å². The fraction of sp³-hybridized carbons (Fsp3) is 0.0500. The van der Waals surface area contributed by atoms with Crippen LogP contribution in [-0.4, -0.2) is 25.2 Å². The number of carbonyl (C=O) groups is 2. The minimum atomic E-state index is -3.89. The van der Waals surface area contributed by atoms with Crippen molar-refractivity contribution in [3.05, 3.63) is 89.7 Å². The van der Waals surface area contributed by atoms with Gasteiger partial charge in [0.1, 0.15) is 0 Å². The number of aryl methyl sites for hydroxylation is 1. The Kier molecular flexibility index (Phi) is 5.89. The van der Waals surface area contributed by atoms with Crippen LogP contribution in [0.25, 0.3) is 0 Å². The fourth-order valence-corrected chi connectivity index (χ4v) is 3.58. The van der Waals surface area contributed by atoms with E-state index in [1.807, 2.05) is 13.0 Å². The number of aromatic nitrogens is 1. The van der Waals surface area contributed by atoms with Crippen LogP contribution in [0.4, 0.5) is 5.69 Å². The van der Waals surface area contributed by atoms with Crippen LogP contribution in [0.5, 0.6) is 0 Å². The number of nitrogens with zero attached hydrogens (tertiary/aromatic N) is 1. The van der Waals surface area contributed by atoms with Gasteiger partial charge in [0.15, 0.2) is 0 Å². The molecule has 0 radical (unpaired) electrons. The quantitative estimate of drug-likeness (QED) is 0.558. The lowest BCUT2D eigenvalue weighted by Gasteiger charge is -2.11. The first kappa shape index (κ1) is 20.0. The van der Waals surface area contributed by atoms with Crippen LogP contribution in [-0.2, 0) is 10.0 Å². The lowest BCUT2D eigenvalue weighted by molar-refractivity contribution is 0.0846. The average Bonchev–Trinajstić information content (AvgIpc) is 2.72. The van der Waals surface area contributed by atoms with E-state index >= 15 is 0 Å². The molecular formula is C20H18N4O4S. The second-order valence-corrected chi connectivity index (χ2v) is 7.84. The zero-order chi connectivity index (χ0) is 20.9. The number of carbonyl (C=O) groups excluding carboxylic acids is 2. The van der Waals surface area contributed by atoms with Gasteiger partial charge < -0.3 is 0 Å². The van der Waals surface area contributed by atoms with E-state index in [1.165, 1.54) is 36.7 Å². The largest absolute Gasteiger partial charge is 0.280 e. The molecule has 1 aromatic heterocycles. The first-order valence-electron chi connectivity index (χ1n) is 8.55. The molecule has 0 atom stereocenters. The van der Waals surface area contributed by atoms with Crippen molar-refractivity contribution in [2.45, 2.75) is 11.8 Å². The number of hydrogen-bond donors (Lipinski definition) is 3. The molecule has 0 aliphatic carbocycles. The zero-order valence-corrected chi connectivity index (χ0v) is 16.2. The van der Waals surface area contributed by atoms with Crippen molar-refractivity contribution in [2.75, 3.05) is 4.72 Å². The van der Waals surface area contributed by atoms with Crippen molar-refractivity contribution in [1.29, 1.82) is 0 Å². The molecule has 9 heteroatoms. The molecule has 3 rings (SSSR count). The van der Waals surface area contributed by atoms with E-state index in [1.54, 1.807) is 30.3 Å². The third-order valence-electron chi connectivity index (χ3n) is 3.89. The van der Waals surface area contributed by atoms with E-state index in [2.05, 4.69) is 20.6 Å². The number of amides is 2. The second-order valence-electron chi connectivity index (χ2n) is 6.15. The number of hydrogen-bond acceptors (Lipinski definition) is 5. The van der Waals surface area contributed by atoms with E-state index in [0.29, 0.717) is 5.69 Å². The third-order valence-corrected chi connectivity index (χ3v) is 5.27. The van der Waals surface area contributed by atoms with Gasteiger partial charge in [0, 0.05) is 23.6 Å². The standard InChI is InChI=1S/C20H18N4O4S/c1-14-5-2-8-17(11-14)24-29(27,28)18-9-3-6-15(12-18)19(25)22-23-20(26)16-7-4-10-21-13-16/h2-13,24H,1H3,(H,22,25)(H,23,26). The Balaban J connectivity index is 1.71. The molecule has 0 bridgehead atoms. The molecule has 148 valence electrons. The molecule has 0 spiro atoms. The summed E-state index contributed by atoms with van der Waals surface area (Å²) in [6, 6.07) is 15.5. The summed E-state index contributed by atoms with van der Waals surface area (Å²) in [4.78, 5) is 28.0. The van der Waals surface area contributed by atoms with Gasteiger partial charge in [-0.2, -0.15) is 0 Å². The van der Waals surface area contributed by atoms with Gasteiger partial charge >= 0.3 is 0 Å². The summed E-state index contributed by atoms with van der Waals surface area (Å²) < 4.78 is 27.7. The molecule has 0 fully saturated rings. The number of pyridine rings is 1. The Labute approximate surface area is 168 Å². The van der Waals surface area contributed by atoms with Crippen LogP contribution in [0.15, 0.2) is 78.0 Å². The lowest BCUT2D eigenvalue weighted by Crippen LogP contribution is -2.41. The zero-order valence-electron chi connectivity index (χ0n) is 15.4. The number of anilines is 1. The molecule has 1 heterocycles. The maximum absolute atomic E-state index is 12.6. The van der Waals surface area contributed by atoms with E-state index in [0.717, 1.165) is 5.56 Å². The van der Waals surface area contributed by atoms with Crippen LogP contribution < -0.4 is 15.6 Å². The van der Waals surface area contributed by atoms with Gasteiger partial charge in [0.2, 0.25) is 0 Å². The maximum Gasteiger partial charge on any atom is 0.271 e. The highest BCUT2D eigenvalue weighted by Gasteiger charge is 2.17.